The molecule has 2 fully saturated rings. The van der Waals surface area contributed by atoms with Crippen LogP contribution in [0, 0.1) is 5.92 Å². The second kappa shape index (κ2) is 8.49. The summed E-state index contributed by atoms with van der Waals surface area (Å²) in [5, 5.41) is 3.08. The molecule has 0 saturated carbocycles. The second-order valence-electron chi connectivity index (χ2n) is 6.78. The van der Waals surface area contributed by atoms with Crippen LogP contribution in [0.4, 0.5) is 0 Å². The molecule has 1 aromatic carbocycles. The van der Waals surface area contributed by atoms with E-state index >= 15 is 0 Å². The molecule has 1 atom stereocenters. The van der Waals surface area contributed by atoms with Crippen molar-refractivity contribution in [1.29, 1.82) is 0 Å². The maximum absolute atomic E-state index is 12.3. The second-order valence-corrected chi connectivity index (χ2v) is 6.78. The molecule has 0 aliphatic carbocycles. The number of piperidine rings is 1. The third kappa shape index (κ3) is 4.71. The van der Waals surface area contributed by atoms with E-state index in [1.807, 2.05) is 12.1 Å². The average Bonchev–Trinajstić information content (AvgIpc) is 3.14. The molecule has 2 aliphatic rings. The van der Waals surface area contributed by atoms with Crippen LogP contribution in [-0.4, -0.2) is 50.3 Å². The third-order valence-electron chi connectivity index (χ3n) is 5.05. The highest BCUT2D eigenvalue weighted by Crippen LogP contribution is 2.20. The highest BCUT2D eigenvalue weighted by atomic mass is 16.5. The Bertz CT molecular complexity index is 518. The molecule has 2 aliphatic heterocycles. The van der Waals surface area contributed by atoms with Crippen LogP contribution < -0.4 is 10.1 Å². The zero-order valence-electron chi connectivity index (χ0n) is 14.5. The molecule has 0 spiro atoms. The molecule has 5 heteroatoms. The summed E-state index contributed by atoms with van der Waals surface area (Å²) in [6.07, 6.45) is 4.29. The van der Waals surface area contributed by atoms with Crippen LogP contribution in [0.15, 0.2) is 24.3 Å². The van der Waals surface area contributed by atoms with Gasteiger partial charge in [0, 0.05) is 25.6 Å². The van der Waals surface area contributed by atoms with Crippen LogP contribution in [0.1, 0.15) is 31.2 Å². The third-order valence-corrected chi connectivity index (χ3v) is 5.05. The van der Waals surface area contributed by atoms with Gasteiger partial charge in [-0.2, -0.15) is 0 Å². The predicted octanol–water partition coefficient (Wildman–Crippen LogP) is 2.20. The van der Waals surface area contributed by atoms with E-state index in [0.717, 1.165) is 57.7 Å². The molecule has 2 saturated heterocycles. The van der Waals surface area contributed by atoms with Gasteiger partial charge in [0.25, 0.3) is 0 Å². The van der Waals surface area contributed by atoms with Gasteiger partial charge in [0.2, 0.25) is 5.91 Å². The molecule has 0 radical (unpaired) electrons. The smallest absolute Gasteiger partial charge is 0.223 e. The Hall–Kier alpha value is -1.59. The van der Waals surface area contributed by atoms with E-state index in [2.05, 4.69) is 22.3 Å². The maximum atomic E-state index is 12.3. The van der Waals surface area contributed by atoms with Gasteiger partial charge in [-0.05, 0) is 56.5 Å². The van der Waals surface area contributed by atoms with Gasteiger partial charge in [0.1, 0.15) is 5.75 Å². The Morgan fingerprint density at radius 3 is 2.62 bits per heavy atom. The molecule has 2 heterocycles. The van der Waals surface area contributed by atoms with E-state index in [4.69, 9.17) is 9.47 Å². The lowest BCUT2D eigenvalue weighted by Crippen LogP contribution is -2.42. The lowest BCUT2D eigenvalue weighted by Gasteiger charge is -2.31. The quantitative estimate of drug-likeness (QED) is 0.868. The van der Waals surface area contributed by atoms with E-state index in [9.17, 15) is 4.79 Å². The fraction of sp³-hybridized carbons (Fsp3) is 0.632. The first-order chi connectivity index (χ1) is 11.7. The summed E-state index contributed by atoms with van der Waals surface area (Å²) in [5.41, 5.74) is 1.29. The summed E-state index contributed by atoms with van der Waals surface area (Å²) < 4.78 is 10.8. The Balaban J connectivity index is 1.38. The SMILES string of the molecule is COc1ccc(CN2CCC(C(=O)NCC3CCCO3)CC2)cc1. The first kappa shape index (κ1) is 17.2. The molecule has 1 unspecified atom stereocenters. The molecule has 5 nitrogen and oxygen atoms in total. The minimum atomic E-state index is 0.151. The lowest BCUT2D eigenvalue weighted by molar-refractivity contribution is -0.127. The minimum Gasteiger partial charge on any atom is -0.497 e. The van der Waals surface area contributed by atoms with Gasteiger partial charge in [0.15, 0.2) is 0 Å². The summed E-state index contributed by atoms with van der Waals surface area (Å²) in [7, 11) is 1.68. The van der Waals surface area contributed by atoms with Crippen molar-refractivity contribution in [3.05, 3.63) is 29.8 Å². The monoisotopic (exact) mass is 332 g/mol. The van der Waals surface area contributed by atoms with E-state index in [1.54, 1.807) is 7.11 Å². The maximum Gasteiger partial charge on any atom is 0.223 e. The molecule has 24 heavy (non-hydrogen) atoms. The number of likely N-dealkylation sites (tertiary alicyclic amines) is 1. The van der Waals surface area contributed by atoms with E-state index in [0.29, 0.717) is 6.54 Å². The Morgan fingerprint density at radius 2 is 2.00 bits per heavy atom. The Morgan fingerprint density at radius 1 is 1.25 bits per heavy atom. The fourth-order valence-electron chi connectivity index (χ4n) is 3.51. The largest absolute Gasteiger partial charge is 0.497 e. The van der Waals surface area contributed by atoms with Crippen molar-refractivity contribution < 1.29 is 14.3 Å². The number of ether oxygens (including phenoxy) is 2. The first-order valence-corrected chi connectivity index (χ1v) is 8.99. The number of carbonyl (C=O) groups excluding carboxylic acids is 1. The lowest BCUT2D eigenvalue weighted by atomic mass is 9.95. The van der Waals surface area contributed by atoms with Crippen molar-refractivity contribution >= 4 is 5.91 Å². The molecule has 132 valence electrons. The van der Waals surface area contributed by atoms with Gasteiger partial charge in [-0.3, -0.25) is 9.69 Å². The topological polar surface area (TPSA) is 50.8 Å². The van der Waals surface area contributed by atoms with Crippen molar-refractivity contribution in [2.24, 2.45) is 5.92 Å². The van der Waals surface area contributed by atoms with Crippen molar-refractivity contribution in [2.75, 3.05) is 33.4 Å². The number of carbonyl (C=O) groups is 1. The highest BCUT2D eigenvalue weighted by molar-refractivity contribution is 5.78. The molecule has 0 bridgehead atoms. The first-order valence-electron chi connectivity index (χ1n) is 8.99. The minimum absolute atomic E-state index is 0.151. The van der Waals surface area contributed by atoms with Crippen LogP contribution in [0.3, 0.4) is 0 Å². The van der Waals surface area contributed by atoms with Crippen LogP contribution in [0.25, 0.3) is 0 Å². The van der Waals surface area contributed by atoms with Crippen molar-refractivity contribution in [3.63, 3.8) is 0 Å². The normalized spacial score (nSPS) is 22.5. The number of amides is 1. The van der Waals surface area contributed by atoms with E-state index in [-0.39, 0.29) is 17.9 Å². The van der Waals surface area contributed by atoms with Gasteiger partial charge in [-0.1, -0.05) is 12.1 Å². The molecule has 1 amide bonds. The highest BCUT2D eigenvalue weighted by Gasteiger charge is 2.26. The number of benzene rings is 1. The van der Waals surface area contributed by atoms with Gasteiger partial charge in [0.05, 0.1) is 13.2 Å². The summed E-state index contributed by atoms with van der Waals surface area (Å²) >= 11 is 0. The predicted molar refractivity (Wildman–Crippen MR) is 93.0 cm³/mol. The summed E-state index contributed by atoms with van der Waals surface area (Å²) in [6, 6.07) is 8.22. The fourth-order valence-corrected chi connectivity index (χ4v) is 3.51. The standard InChI is InChI=1S/C19H28N2O3/c1-23-17-6-4-15(5-7-17)14-21-10-8-16(9-11-21)19(22)20-13-18-3-2-12-24-18/h4-7,16,18H,2-3,8-14H2,1H3,(H,20,22). The zero-order chi connectivity index (χ0) is 16.8. The van der Waals surface area contributed by atoms with E-state index < -0.39 is 0 Å². The zero-order valence-corrected chi connectivity index (χ0v) is 14.5. The number of nitrogens with zero attached hydrogens (tertiary/aromatic N) is 1. The van der Waals surface area contributed by atoms with Gasteiger partial charge in [-0.15, -0.1) is 0 Å². The number of nitrogens with one attached hydrogen (secondary N) is 1. The van der Waals surface area contributed by atoms with Crippen LogP contribution in [0.2, 0.25) is 0 Å². The molecular weight excluding hydrogens is 304 g/mol. The average molecular weight is 332 g/mol. The van der Waals surface area contributed by atoms with Gasteiger partial charge >= 0.3 is 0 Å². The van der Waals surface area contributed by atoms with Gasteiger partial charge in [-0.25, -0.2) is 0 Å². The van der Waals surface area contributed by atoms with Crippen LogP contribution in [-0.2, 0) is 16.1 Å². The summed E-state index contributed by atoms with van der Waals surface area (Å²) in [5.74, 6) is 1.24. The van der Waals surface area contributed by atoms with Crippen molar-refractivity contribution in [1.82, 2.24) is 10.2 Å². The molecule has 3 rings (SSSR count). The number of hydrogen-bond acceptors (Lipinski definition) is 4. The number of methoxy groups -OCH3 is 1. The number of hydrogen-bond donors (Lipinski definition) is 1. The van der Waals surface area contributed by atoms with Crippen LogP contribution in [0.5, 0.6) is 5.75 Å². The van der Waals surface area contributed by atoms with Crippen LogP contribution >= 0.6 is 0 Å². The van der Waals surface area contributed by atoms with Gasteiger partial charge < -0.3 is 14.8 Å². The summed E-state index contributed by atoms with van der Waals surface area (Å²) in [4.78, 5) is 14.7. The number of rotatable bonds is 6. The summed E-state index contributed by atoms with van der Waals surface area (Å²) in [6.45, 7) is 4.40. The molecule has 1 N–H and O–H groups in total. The Labute approximate surface area is 144 Å². The molecular formula is C19H28N2O3. The van der Waals surface area contributed by atoms with E-state index in [1.165, 1.54) is 5.56 Å². The molecule has 1 aromatic rings. The molecule has 0 aromatic heterocycles. The Kier molecular flexibility index (Phi) is 6.10. The van der Waals surface area contributed by atoms with Crippen molar-refractivity contribution in [2.45, 2.75) is 38.3 Å². The van der Waals surface area contributed by atoms with Crippen molar-refractivity contribution in [3.8, 4) is 5.75 Å².